The van der Waals surface area contributed by atoms with Crippen LogP contribution in [0.1, 0.15) is 65.6 Å². The van der Waals surface area contributed by atoms with Crippen LogP contribution in [0.2, 0.25) is 0 Å². The molecule has 44 heavy (non-hydrogen) atoms. The molecule has 0 aromatic carbocycles. The monoisotopic (exact) mass is 627 g/mol. The van der Waals surface area contributed by atoms with Gasteiger partial charge in [-0.25, -0.2) is 0 Å². The van der Waals surface area contributed by atoms with Crippen molar-refractivity contribution in [1.29, 1.82) is 0 Å². The molecule has 16 nitrogen and oxygen atoms in total. The number of hydrogen-bond donors (Lipinski definition) is 6. The van der Waals surface area contributed by atoms with E-state index in [2.05, 4.69) is 21.3 Å². The second kappa shape index (κ2) is 18.0. The molecule has 0 spiro atoms. The number of nitrogens with one attached hydrogen (secondary N) is 4. The quantitative estimate of drug-likeness (QED) is 0.118. The van der Waals surface area contributed by atoms with Crippen molar-refractivity contribution in [3.8, 4) is 0 Å². The number of nitrogens with two attached hydrogens (primary N) is 2. The minimum atomic E-state index is -1.00. The molecule has 8 amide bonds. The summed E-state index contributed by atoms with van der Waals surface area (Å²) in [5.74, 6) is -1.90. The molecule has 5 aliphatic rings. The molecule has 0 aromatic rings. The van der Waals surface area contributed by atoms with Gasteiger partial charge in [-0.1, -0.05) is 0 Å². The molecule has 4 atom stereocenters. The molecule has 5 rings (SSSR count). The van der Waals surface area contributed by atoms with Crippen LogP contribution in [0.4, 0.5) is 4.39 Å². The molecule has 0 aromatic heterocycles. The Balaban J connectivity index is 0.000000258. The van der Waals surface area contributed by atoms with Gasteiger partial charge in [0.15, 0.2) is 0 Å². The zero-order chi connectivity index (χ0) is 33.5. The first kappa shape index (κ1) is 34.5. The highest BCUT2D eigenvalue weighted by Gasteiger charge is 2.55. The fourth-order valence-corrected chi connectivity index (χ4v) is 5.21. The van der Waals surface area contributed by atoms with Gasteiger partial charge >= 0.3 is 0 Å². The summed E-state index contributed by atoms with van der Waals surface area (Å²) in [6.45, 7) is 2.30. The first-order chi connectivity index (χ1) is 21.5. The minimum Gasteiger partial charge on any atom is -0.354 e. The smallest absolute Gasteiger partial charge is 0.253 e. The third-order valence-electron chi connectivity index (χ3n) is 7.45. The topological polar surface area (TPSA) is 243 Å². The Morgan fingerprint density at radius 2 is 1.14 bits per heavy atom. The summed E-state index contributed by atoms with van der Waals surface area (Å²) < 4.78 is 15.5. The second-order valence-electron chi connectivity index (χ2n) is 10.5. The van der Waals surface area contributed by atoms with Gasteiger partial charge in [-0.05, 0) is 51.6 Å². The van der Waals surface area contributed by atoms with E-state index in [4.69, 9.17) is 12.8 Å². The van der Waals surface area contributed by atoms with Gasteiger partial charge in [0.25, 0.3) is 11.8 Å². The van der Waals surface area contributed by atoms with Crippen LogP contribution in [-0.4, -0.2) is 115 Å². The van der Waals surface area contributed by atoms with Crippen LogP contribution in [0, 0.1) is 0 Å². The number of rotatable bonds is 8. The van der Waals surface area contributed by atoms with Crippen molar-refractivity contribution < 1.29 is 44.1 Å². The molecule has 0 saturated carbocycles. The average molecular weight is 628 g/mol. The number of hydrogen-bond acceptors (Lipinski definition) is 10. The van der Waals surface area contributed by atoms with Crippen LogP contribution in [0.15, 0.2) is 0 Å². The van der Waals surface area contributed by atoms with Crippen LogP contribution in [0.3, 0.4) is 0 Å². The molecule has 8 N–H and O–H groups in total. The van der Waals surface area contributed by atoms with Crippen LogP contribution in [0.5, 0.6) is 0 Å². The number of amides is 8. The van der Waals surface area contributed by atoms with E-state index in [0.717, 1.165) is 29.3 Å². The number of carbonyl (C=O) groups is 8. The highest BCUT2D eigenvalue weighted by Crippen LogP contribution is 2.33. The molecule has 5 heterocycles. The zero-order valence-electron chi connectivity index (χ0n) is 25.6. The minimum absolute atomic E-state index is 0.0963. The van der Waals surface area contributed by atoms with Crippen molar-refractivity contribution >= 4 is 47.3 Å². The van der Waals surface area contributed by atoms with E-state index >= 15 is 0 Å². The molecule has 17 heteroatoms. The van der Waals surface area contributed by atoms with Gasteiger partial charge in [0.2, 0.25) is 35.4 Å². The predicted molar refractivity (Wildman–Crippen MR) is 152 cm³/mol. The van der Waals surface area contributed by atoms with Crippen LogP contribution in [-0.2, 0) is 38.4 Å². The maximum absolute atomic E-state index is 11.9. The average Bonchev–Trinajstić information content (AvgIpc) is 3.81. The number of piperazine rings is 1. The van der Waals surface area contributed by atoms with Crippen molar-refractivity contribution in [2.24, 2.45) is 11.5 Å². The molecule has 0 radical (unpaired) electrons. The lowest BCUT2D eigenvalue weighted by Crippen LogP contribution is -2.62. The summed E-state index contributed by atoms with van der Waals surface area (Å²) in [5, 5.41) is 10.6. The maximum Gasteiger partial charge on any atom is 0.253 e. The Kier molecular flexibility index (Phi) is 14.1. The van der Waals surface area contributed by atoms with Crippen molar-refractivity contribution in [2.75, 3.05) is 33.3 Å². The molecular weight excluding hydrogens is 583 g/mol. The van der Waals surface area contributed by atoms with Gasteiger partial charge in [0.05, 0.1) is 8.52 Å². The maximum atomic E-state index is 11.9. The Morgan fingerprint density at radius 1 is 0.750 bits per heavy atom. The highest BCUT2D eigenvalue weighted by molar-refractivity contribution is 6.14. The van der Waals surface area contributed by atoms with E-state index < -0.39 is 31.3 Å². The fourth-order valence-electron chi connectivity index (χ4n) is 5.21. The SMILES string of the molecule is NCCCN.O=C1CCC(C(=O)NCCCNC(=O)C2CCC(=O)N2)N1.O=C1CCC2C(=O)N3C(=O)CCC3C(=O)N12.[2H]CF. The summed E-state index contributed by atoms with van der Waals surface area (Å²) in [6.07, 6.45) is 4.51. The molecule has 5 fully saturated rings. The van der Waals surface area contributed by atoms with E-state index in [1.165, 1.54) is 0 Å². The molecule has 0 bridgehead atoms. The summed E-state index contributed by atoms with van der Waals surface area (Å²) in [4.78, 5) is 94.3. The second-order valence-corrected chi connectivity index (χ2v) is 10.5. The number of imide groups is 2. The molecular formula is C27H43FN8O8. The Morgan fingerprint density at radius 3 is 1.43 bits per heavy atom. The third-order valence-corrected chi connectivity index (χ3v) is 7.45. The summed E-state index contributed by atoms with van der Waals surface area (Å²) >= 11 is 0. The van der Waals surface area contributed by atoms with E-state index in [0.29, 0.717) is 58.0 Å². The third kappa shape index (κ3) is 9.51. The normalized spacial score (nSPS) is 25.2. The van der Waals surface area contributed by atoms with E-state index in [-0.39, 0.29) is 60.1 Å². The Bertz CT molecular complexity index is 1050. The van der Waals surface area contributed by atoms with Crippen LogP contribution < -0.4 is 32.7 Å². The molecule has 5 saturated heterocycles. The van der Waals surface area contributed by atoms with E-state index in [9.17, 15) is 42.7 Å². The van der Waals surface area contributed by atoms with Gasteiger partial charge < -0.3 is 32.7 Å². The van der Waals surface area contributed by atoms with Gasteiger partial charge in [-0.15, -0.1) is 0 Å². The predicted octanol–water partition coefficient (Wildman–Crippen LogP) is -2.92. The molecule has 246 valence electrons. The number of nitrogens with zero attached hydrogens (tertiary/aromatic N) is 2. The van der Waals surface area contributed by atoms with E-state index in [1.807, 2.05) is 0 Å². The summed E-state index contributed by atoms with van der Waals surface area (Å²) in [6, 6.07) is -2.31. The molecule has 4 unspecified atom stereocenters. The number of halogens is 1. The summed E-state index contributed by atoms with van der Waals surface area (Å²) in [7, 11) is -1.00. The van der Waals surface area contributed by atoms with Crippen molar-refractivity contribution in [2.45, 2.75) is 88.4 Å². The Labute approximate surface area is 255 Å². The van der Waals surface area contributed by atoms with Crippen LogP contribution >= 0.6 is 0 Å². The van der Waals surface area contributed by atoms with Crippen molar-refractivity contribution in [3.63, 3.8) is 0 Å². The van der Waals surface area contributed by atoms with Crippen molar-refractivity contribution in [1.82, 2.24) is 31.1 Å². The largest absolute Gasteiger partial charge is 0.354 e. The standard InChI is InChI=1S/C13H20N4O4.C10H10N2O4.C3H10N2.CH3F/c18-10-4-2-8(16-10)12(20)14-6-1-7-15-13(21)9-3-5-11(19)17-9;13-7-3-1-5-9(15)12-6(2-4-8(12)14)10(16)11(5)7;4-2-1-3-5;1-2/h8-9H,1-7H2,(H,14,20)(H,15,21)(H,16,18)(H,17,19);5-6H,1-4H2;1-5H2;1H3/i;;;1D. The van der Waals surface area contributed by atoms with Gasteiger partial charge in [-0.2, -0.15) is 0 Å². The number of carbonyl (C=O) groups excluding carboxylic acids is 8. The molecule has 0 aliphatic carbocycles. The molecule has 5 aliphatic heterocycles. The summed E-state index contributed by atoms with van der Waals surface area (Å²) in [5.41, 5.74) is 10.1. The highest BCUT2D eigenvalue weighted by atomic mass is 19.1. The zero-order valence-corrected chi connectivity index (χ0v) is 24.6. The van der Waals surface area contributed by atoms with Gasteiger partial charge in [0, 0.05) is 38.8 Å². The first-order valence-electron chi connectivity index (χ1n) is 15.3. The lowest BCUT2D eigenvalue weighted by molar-refractivity contribution is -0.165. The number of fused-ring (bicyclic) bond motifs is 2. The first-order valence-corrected chi connectivity index (χ1v) is 14.6. The Hall–Kier alpha value is -3.99. The van der Waals surface area contributed by atoms with Crippen LogP contribution in [0.25, 0.3) is 0 Å². The fraction of sp³-hybridized carbons (Fsp3) is 0.704. The lowest BCUT2D eigenvalue weighted by atomic mass is 10.1. The van der Waals surface area contributed by atoms with E-state index in [1.54, 1.807) is 0 Å². The lowest BCUT2D eigenvalue weighted by Gasteiger charge is -2.36. The van der Waals surface area contributed by atoms with Gasteiger partial charge in [-0.3, -0.25) is 52.5 Å². The van der Waals surface area contributed by atoms with Gasteiger partial charge in [0.1, 0.15) is 24.2 Å². The number of alkyl halides is 1. The van der Waals surface area contributed by atoms with Crippen molar-refractivity contribution in [3.05, 3.63) is 0 Å².